The van der Waals surface area contributed by atoms with Gasteiger partial charge in [-0.3, -0.25) is 4.79 Å². The number of nitrogens with one attached hydrogen (secondary N) is 1. The maximum Gasteiger partial charge on any atom is 0.407 e. The first-order chi connectivity index (χ1) is 13.6. The quantitative estimate of drug-likeness (QED) is 0.512. The molecule has 7 nitrogen and oxygen atoms in total. The van der Waals surface area contributed by atoms with Gasteiger partial charge >= 0.3 is 12.1 Å². The molecule has 0 aliphatic carbocycles. The van der Waals surface area contributed by atoms with Gasteiger partial charge < -0.3 is 25.0 Å². The van der Waals surface area contributed by atoms with Crippen molar-refractivity contribution in [3.05, 3.63) is 71.8 Å². The highest BCUT2D eigenvalue weighted by Gasteiger charge is 2.26. The first kappa shape index (κ1) is 21.4. The van der Waals surface area contributed by atoms with Crippen LogP contribution in [0, 0.1) is 5.92 Å². The van der Waals surface area contributed by atoms with Crippen LogP contribution >= 0.6 is 0 Å². The van der Waals surface area contributed by atoms with Crippen molar-refractivity contribution in [3.63, 3.8) is 0 Å². The summed E-state index contributed by atoms with van der Waals surface area (Å²) in [6, 6.07) is 18.7. The Morgan fingerprint density at radius 1 is 0.929 bits per heavy atom. The Balaban J connectivity index is 1.68. The van der Waals surface area contributed by atoms with E-state index in [0.717, 1.165) is 11.1 Å². The monoisotopic (exact) mass is 387 g/mol. The standard InChI is InChI=1S/C21H25NO6/c23-19(13-22-21(26)28-15-17-9-5-2-6-10-17)18(20(24)25)11-12-27-14-16-7-3-1-4-8-16/h1-10,18-19,23H,11-15H2,(H,22,26)(H,24,25). The van der Waals surface area contributed by atoms with Gasteiger partial charge in [0.2, 0.25) is 0 Å². The lowest BCUT2D eigenvalue weighted by Crippen LogP contribution is -2.40. The number of alkyl carbamates (subject to hydrolysis) is 1. The topological polar surface area (TPSA) is 105 Å². The van der Waals surface area contributed by atoms with E-state index in [1.54, 1.807) is 0 Å². The van der Waals surface area contributed by atoms with E-state index in [1.807, 2.05) is 60.7 Å². The van der Waals surface area contributed by atoms with E-state index < -0.39 is 24.1 Å². The highest BCUT2D eigenvalue weighted by atomic mass is 16.5. The molecular weight excluding hydrogens is 362 g/mol. The zero-order chi connectivity index (χ0) is 20.2. The molecule has 2 atom stereocenters. The normalized spacial score (nSPS) is 12.8. The Morgan fingerprint density at radius 3 is 2.07 bits per heavy atom. The first-order valence-electron chi connectivity index (χ1n) is 9.03. The summed E-state index contributed by atoms with van der Waals surface area (Å²) in [5, 5.41) is 21.8. The largest absolute Gasteiger partial charge is 0.481 e. The van der Waals surface area contributed by atoms with Crippen molar-refractivity contribution >= 4 is 12.1 Å². The molecule has 3 N–H and O–H groups in total. The van der Waals surface area contributed by atoms with E-state index in [-0.39, 0.29) is 26.2 Å². The van der Waals surface area contributed by atoms with Crippen LogP contribution in [0.4, 0.5) is 4.79 Å². The van der Waals surface area contributed by atoms with E-state index in [9.17, 15) is 19.8 Å². The SMILES string of the molecule is O=C(NCC(O)C(CCOCc1ccccc1)C(=O)O)OCc1ccccc1. The molecule has 0 bridgehead atoms. The summed E-state index contributed by atoms with van der Waals surface area (Å²) in [6.45, 7) is 0.427. The van der Waals surface area contributed by atoms with Crippen molar-refractivity contribution in [2.45, 2.75) is 25.7 Å². The molecule has 0 saturated heterocycles. The molecule has 0 saturated carbocycles. The second kappa shape index (κ2) is 11.7. The van der Waals surface area contributed by atoms with Crippen molar-refractivity contribution in [2.24, 2.45) is 5.92 Å². The lowest BCUT2D eigenvalue weighted by Gasteiger charge is -2.19. The molecule has 2 aromatic carbocycles. The molecule has 0 radical (unpaired) electrons. The van der Waals surface area contributed by atoms with Crippen molar-refractivity contribution in [1.29, 1.82) is 0 Å². The fourth-order valence-electron chi connectivity index (χ4n) is 2.56. The number of rotatable bonds is 11. The number of carboxylic acid groups (broad SMARTS) is 1. The van der Waals surface area contributed by atoms with E-state index >= 15 is 0 Å². The number of carbonyl (C=O) groups is 2. The molecule has 2 rings (SSSR count). The Bertz CT molecular complexity index is 722. The number of ether oxygens (including phenoxy) is 2. The maximum atomic E-state index is 11.7. The summed E-state index contributed by atoms with van der Waals surface area (Å²) >= 11 is 0. The van der Waals surface area contributed by atoms with Gasteiger partial charge in [-0.05, 0) is 17.5 Å². The van der Waals surface area contributed by atoms with Crippen LogP contribution in [-0.4, -0.2) is 41.5 Å². The summed E-state index contributed by atoms with van der Waals surface area (Å²) in [6.07, 6.45) is -1.83. The van der Waals surface area contributed by atoms with Gasteiger partial charge in [-0.2, -0.15) is 0 Å². The summed E-state index contributed by atoms with van der Waals surface area (Å²) in [7, 11) is 0. The summed E-state index contributed by atoms with van der Waals surface area (Å²) in [5.41, 5.74) is 1.81. The number of aliphatic hydroxyl groups is 1. The second-order valence-corrected chi connectivity index (χ2v) is 6.28. The Kier molecular flexibility index (Phi) is 8.97. The predicted molar refractivity (Wildman–Crippen MR) is 102 cm³/mol. The molecule has 0 heterocycles. The molecule has 0 fully saturated rings. The van der Waals surface area contributed by atoms with Crippen LogP contribution < -0.4 is 5.32 Å². The molecular formula is C21H25NO6. The van der Waals surface area contributed by atoms with Crippen LogP contribution in [0.15, 0.2) is 60.7 Å². The first-order valence-corrected chi connectivity index (χ1v) is 9.03. The smallest absolute Gasteiger partial charge is 0.407 e. The third-order valence-corrected chi connectivity index (χ3v) is 4.13. The fourth-order valence-corrected chi connectivity index (χ4v) is 2.56. The van der Waals surface area contributed by atoms with Gasteiger partial charge in [0, 0.05) is 13.2 Å². The number of aliphatic hydroxyl groups excluding tert-OH is 1. The molecule has 2 aromatic rings. The molecule has 0 aliphatic rings. The van der Waals surface area contributed by atoms with Gasteiger partial charge in [0.1, 0.15) is 6.61 Å². The van der Waals surface area contributed by atoms with Gasteiger partial charge in [0.25, 0.3) is 0 Å². The molecule has 0 aliphatic heterocycles. The summed E-state index contributed by atoms with van der Waals surface area (Å²) in [5.74, 6) is -2.19. The van der Waals surface area contributed by atoms with Crippen LogP contribution in [0.1, 0.15) is 17.5 Å². The van der Waals surface area contributed by atoms with E-state index in [2.05, 4.69) is 5.32 Å². The minimum atomic E-state index is -1.25. The Morgan fingerprint density at radius 2 is 1.50 bits per heavy atom. The van der Waals surface area contributed by atoms with E-state index in [0.29, 0.717) is 6.61 Å². The summed E-state index contributed by atoms with van der Waals surface area (Å²) in [4.78, 5) is 23.1. The van der Waals surface area contributed by atoms with E-state index in [1.165, 1.54) is 0 Å². The number of benzene rings is 2. The molecule has 7 heteroatoms. The predicted octanol–water partition coefficient (Wildman–Crippen LogP) is 2.58. The van der Waals surface area contributed by atoms with Gasteiger partial charge in [-0.15, -0.1) is 0 Å². The Hall–Kier alpha value is -2.90. The third kappa shape index (κ3) is 7.77. The zero-order valence-corrected chi connectivity index (χ0v) is 15.5. The molecule has 0 spiro atoms. The number of hydrogen-bond donors (Lipinski definition) is 3. The van der Waals surface area contributed by atoms with Gasteiger partial charge in [-0.1, -0.05) is 60.7 Å². The number of carboxylic acids is 1. The molecule has 28 heavy (non-hydrogen) atoms. The van der Waals surface area contributed by atoms with Crippen molar-refractivity contribution < 1.29 is 29.3 Å². The molecule has 150 valence electrons. The van der Waals surface area contributed by atoms with Crippen LogP contribution in [-0.2, 0) is 27.5 Å². The third-order valence-electron chi connectivity index (χ3n) is 4.13. The van der Waals surface area contributed by atoms with Crippen LogP contribution in [0.25, 0.3) is 0 Å². The zero-order valence-electron chi connectivity index (χ0n) is 15.5. The number of amides is 1. The summed E-state index contributed by atoms with van der Waals surface area (Å²) < 4.78 is 10.5. The van der Waals surface area contributed by atoms with Crippen LogP contribution in [0.2, 0.25) is 0 Å². The lowest BCUT2D eigenvalue weighted by molar-refractivity contribution is -0.146. The number of aliphatic carboxylic acids is 1. The molecule has 0 aromatic heterocycles. The van der Waals surface area contributed by atoms with Gasteiger partial charge in [-0.25, -0.2) is 4.79 Å². The highest BCUT2D eigenvalue weighted by Crippen LogP contribution is 2.11. The van der Waals surface area contributed by atoms with Crippen molar-refractivity contribution in [2.75, 3.05) is 13.2 Å². The second-order valence-electron chi connectivity index (χ2n) is 6.28. The lowest BCUT2D eigenvalue weighted by atomic mass is 9.99. The van der Waals surface area contributed by atoms with Crippen molar-refractivity contribution in [1.82, 2.24) is 5.32 Å². The van der Waals surface area contributed by atoms with Gasteiger partial charge in [0.05, 0.1) is 18.6 Å². The fraction of sp³-hybridized carbons (Fsp3) is 0.333. The number of carbonyl (C=O) groups excluding carboxylic acids is 1. The average molecular weight is 387 g/mol. The van der Waals surface area contributed by atoms with E-state index in [4.69, 9.17) is 9.47 Å². The number of hydrogen-bond acceptors (Lipinski definition) is 5. The van der Waals surface area contributed by atoms with Crippen LogP contribution in [0.5, 0.6) is 0 Å². The minimum Gasteiger partial charge on any atom is -0.481 e. The maximum absolute atomic E-state index is 11.7. The molecule has 1 amide bonds. The average Bonchev–Trinajstić information content (AvgIpc) is 2.71. The van der Waals surface area contributed by atoms with Crippen molar-refractivity contribution in [3.8, 4) is 0 Å². The minimum absolute atomic E-state index is 0.0957. The van der Waals surface area contributed by atoms with Crippen LogP contribution in [0.3, 0.4) is 0 Å². The Labute approximate surface area is 163 Å². The molecule has 2 unspecified atom stereocenters. The van der Waals surface area contributed by atoms with Gasteiger partial charge in [0.15, 0.2) is 0 Å². The highest BCUT2D eigenvalue weighted by molar-refractivity contribution is 5.71.